The minimum Gasteiger partial charge on any atom is -0.328 e. The number of benzene rings is 1. The molecule has 2 nitrogen and oxygen atoms in total. The van der Waals surface area contributed by atoms with Crippen LogP contribution >= 0.6 is 0 Å². The van der Waals surface area contributed by atoms with Crippen molar-refractivity contribution in [1.29, 1.82) is 0 Å². The number of halogens is 3. The standard InChI is InChI=1S/C13H16F3N.C2H7N/c14-13(15,16)11-5-1-3-9(7-11)10-4-2-6-12(17)8-10;1-3-2/h1,3,5,7,10,12H,2,4,6,8,17H2;3H,1-2H3. The van der Waals surface area contributed by atoms with Crippen LogP contribution in [0.3, 0.4) is 0 Å². The second kappa shape index (κ2) is 7.64. The molecule has 2 unspecified atom stereocenters. The van der Waals surface area contributed by atoms with Crippen LogP contribution in [0, 0.1) is 0 Å². The minimum absolute atomic E-state index is 0.128. The van der Waals surface area contributed by atoms with Crippen molar-refractivity contribution in [3.8, 4) is 0 Å². The van der Waals surface area contributed by atoms with Gasteiger partial charge in [-0.25, -0.2) is 0 Å². The monoisotopic (exact) mass is 288 g/mol. The molecule has 0 saturated heterocycles. The number of nitrogens with two attached hydrogens (primary N) is 1. The molecule has 1 aromatic carbocycles. The van der Waals surface area contributed by atoms with Crippen molar-refractivity contribution in [1.82, 2.24) is 5.32 Å². The highest BCUT2D eigenvalue weighted by atomic mass is 19.4. The van der Waals surface area contributed by atoms with Crippen molar-refractivity contribution in [2.75, 3.05) is 14.1 Å². The summed E-state index contributed by atoms with van der Waals surface area (Å²) in [5.74, 6) is 0.182. The highest BCUT2D eigenvalue weighted by molar-refractivity contribution is 5.28. The van der Waals surface area contributed by atoms with E-state index >= 15 is 0 Å². The summed E-state index contributed by atoms with van der Waals surface area (Å²) in [6.45, 7) is 0. The topological polar surface area (TPSA) is 38.0 Å². The molecule has 1 fully saturated rings. The maximum atomic E-state index is 12.6. The fraction of sp³-hybridized carbons (Fsp3) is 0.600. The van der Waals surface area contributed by atoms with Gasteiger partial charge in [0, 0.05) is 6.04 Å². The van der Waals surface area contributed by atoms with Gasteiger partial charge in [0.15, 0.2) is 0 Å². The lowest BCUT2D eigenvalue weighted by Gasteiger charge is -2.27. The molecule has 114 valence electrons. The fourth-order valence-electron chi connectivity index (χ4n) is 2.50. The van der Waals surface area contributed by atoms with E-state index in [1.54, 1.807) is 6.07 Å². The lowest BCUT2D eigenvalue weighted by molar-refractivity contribution is -0.137. The molecule has 1 aliphatic rings. The Balaban J connectivity index is 0.000000612. The normalized spacial score (nSPS) is 22.9. The zero-order chi connectivity index (χ0) is 15.2. The summed E-state index contributed by atoms with van der Waals surface area (Å²) in [5.41, 5.74) is 6.08. The lowest BCUT2D eigenvalue weighted by Crippen LogP contribution is -2.26. The van der Waals surface area contributed by atoms with Crippen molar-refractivity contribution in [2.45, 2.75) is 43.8 Å². The molecule has 0 radical (unpaired) electrons. The van der Waals surface area contributed by atoms with Gasteiger partial charge in [-0.3, -0.25) is 0 Å². The second-order valence-corrected chi connectivity index (χ2v) is 5.25. The number of alkyl halides is 3. The van der Waals surface area contributed by atoms with Crippen LogP contribution in [0.5, 0.6) is 0 Å². The van der Waals surface area contributed by atoms with Gasteiger partial charge >= 0.3 is 6.18 Å². The molecule has 20 heavy (non-hydrogen) atoms. The van der Waals surface area contributed by atoms with Crippen LogP contribution in [0.1, 0.15) is 42.7 Å². The molecule has 1 aliphatic carbocycles. The molecule has 0 heterocycles. The van der Waals surface area contributed by atoms with Crippen LogP contribution in [-0.2, 0) is 6.18 Å². The summed E-state index contributed by atoms with van der Waals surface area (Å²) in [6, 6.07) is 5.77. The number of hydrogen-bond acceptors (Lipinski definition) is 2. The van der Waals surface area contributed by atoms with Crippen LogP contribution in [0.25, 0.3) is 0 Å². The van der Waals surface area contributed by atoms with Gasteiger partial charge in [-0.2, -0.15) is 13.2 Å². The van der Waals surface area contributed by atoms with Crippen molar-refractivity contribution in [3.63, 3.8) is 0 Å². The third-order valence-corrected chi connectivity index (χ3v) is 3.40. The Labute approximate surface area is 118 Å². The first-order valence-electron chi connectivity index (χ1n) is 6.89. The Morgan fingerprint density at radius 2 is 1.85 bits per heavy atom. The first-order valence-corrected chi connectivity index (χ1v) is 6.89. The zero-order valence-electron chi connectivity index (χ0n) is 12.0. The summed E-state index contributed by atoms with van der Waals surface area (Å²) in [4.78, 5) is 0. The molecular weight excluding hydrogens is 265 g/mol. The fourth-order valence-corrected chi connectivity index (χ4v) is 2.50. The van der Waals surface area contributed by atoms with E-state index < -0.39 is 11.7 Å². The molecule has 2 rings (SSSR count). The van der Waals surface area contributed by atoms with Gasteiger partial charge < -0.3 is 11.1 Å². The van der Waals surface area contributed by atoms with Gasteiger partial charge in [0.05, 0.1) is 5.56 Å². The highest BCUT2D eigenvalue weighted by Crippen LogP contribution is 2.35. The van der Waals surface area contributed by atoms with Crippen LogP contribution < -0.4 is 11.1 Å². The van der Waals surface area contributed by atoms with E-state index in [2.05, 4.69) is 5.32 Å². The summed E-state index contributed by atoms with van der Waals surface area (Å²) < 4.78 is 37.8. The molecule has 1 saturated carbocycles. The van der Waals surface area contributed by atoms with Crippen LogP contribution in [-0.4, -0.2) is 20.1 Å². The number of nitrogens with one attached hydrogen (secondary N) is 1. The van der Waals surface area contributed by atoms with Crippen molar-refractivity contribution in [3.05, 3.63) is 35.4 Å². The van der Waals surface area contributed by atoms with Gasteiger partial charge in [0.2, 0.25) is 0 Å². The molecule has 0 aliphatic heterocycles. The maximum Gasteiger partial charge on any atom is 0.416 e. The predicted octanol–water partition coefficient (Wildman–Crippen LogP) is 3.53. The Hall–Kier alpha value is -1.07. The molecule has 1 aromatic rings. The Bertz CT molecular complexity index is 404. The number of hydrogen-bond donors (Lipinski definition) is 2. The maximum absolute atomic E-state index is 12.6. The summed E-state index contributed by atoms with van der Waals surface area (Å²) in [5, 5.41) is 2.75. The lowest BCUT2D eigenvalue weighted by atomic mass is 9.81. The van der Waals surface area contributed by atoms with E-state index in [4.69, 9.17) is 5.73 Å². The second-order valence-electron chi connectivity index (χ2n) is 5.25. The molecule has 0 aromatic heterocycles. The smallest absolute Gasteiger partial charge is 0.328 e. The van der Waals surface area contributed by atoms with E-state index in [1.165, 1.54) is 12.1 Å². The molecular formula is C15H23F3N2. The highest BCUT2D eigenvalue weighted by Gasteiger charge is 2.31. The van der Waals surface area contributed by atoms with E-state index in [0.29, 0.717) is 0 Å². The first-order chi connectivity index (χ1) is 9.38. The average Bonchev–Trinajstić information content (AvgIpc) is 2.39. The van der Waals surface area contributed by atoms with E-state index in [9.17, 15) is 13.2 Å². The molecule has 2 atom stereocenters. The van der Waals surface area contributed by atoms with E-state index in [1.807, 2.05) is 14.1 Å². The molecule has 0 spiro atoms. The van der Waals surface area contributed by atoms with Gasteiger partial charge in [-0.05, 0) is 50.9 Å². The van der Waals surface area contributed by atoms with Gasteiger partial charge in [-0.1, -0.05) is 24.6 Å². The molecule has 0 amide bonds. The van der Waals surface area contributed by atoms with E-state index in [-0.39, 0.29) is 12.0 Å². The van der Waals surface area contributed by atoms with Gasteiger partial charge in [0.25, 0.3) is 0 Å². The SMILES string of the molecule is CNC.NC1CCCC(c2cccc(C(F)(F)F)c2)C1. The molecule has 3 N–H and O–H groups in total. The summed E-state index contributed by atoms with van der Waals surface area (Å²) in [6.07, 6.45) is -0.541. The third-order valence-electron chi connectivity index (χ3n) is 3.40. The Kier molecular flexibility index (Phi) is 6.49. The van der Waals surface area contributed by atoms with Crippen molar-refractivity contribution >= 4 is 0 Å². The summed E-state index contributed by atoms with van der Waals surface area (Å²) in [7, 11) is 3.75. The predicted molar refractivity (Wildman–Crippen MR) is 75.6 cm³/mol. The number of rotatable bonds is 1. The third kappa shape index (κ3) is 5.13. The molecule has 5 heteroatoms. The summed E-state index contributed by atoms with van der Waals surface area (Å²) >= 11 is 0. The van der Waals surface area contributed by atoms with Crippen LogP contribution in [0.4, 0.5) is 13.2 Å². The van der Waals surface area contributed by atoms with Crippen LogP contribution in [0.15, 0.2) is 24.3 Å². The van der Waals surface area contributed by atoms with Crippen molar-refractivity contribution in [2.24, 2.45) is 5.73 Å². The van der Waals surface area contributed by atoms with Gasteiger partial charge in [-0.15, -0.1) is 0 Å². The van der Waals surface area contributed by atoms with Crippen molar-refractivity contribution < 1.29 is 13.2 Å². The van der Waals surface area contributed by atoms with E-state index in [0.717, 1.165) is 37.3 Å². The quantitative estimate of drug-likeness (QED) is 0.829. The Morgan fingerprint density at radius 1 is 1.20 bits per heavy atom. The molecule has 0 bridgehead atoms. The zero-order valence-corrected chi connectivity index (χ0v) is 12.0. The minimum atomic E-state index is -4.26. The largest absolute Gasteiger partial charge is 0.416 e. The van der Waals surface area contributed by atoms with Crippen LogP contribution in [0.2, 0.25) is 0 Å². The average molecular weight is 288 g/mol. The van der Waals surface area contributed by atoms with Gasteiger partial charge in [0.1, 0.15) is 0 Å². The first kappa shape index (κ1) is 17.0. The Morgan fingerprint density at radius 3 is 2.40 bits per heavy atom.